The topological polar surface area (TPSA) is 9.23 Å². The van der Waals surface area contributed by atoms with Gasteiger partial charge in [-0.25, -0.2) is 0 Å². The van der Waals surface area contributed by atoms with Gasteiger partial charge in [0.1, 0.15) is 5.75 Å². The molecule has 0 saturated heterocycles. The molecular formula is C15H13BrO. The molecule has 0 fully saturated rings. The van der Waals surface area contributed by atoms with Gasteiger partial charge in [-0.05, 0) is 29.3 Å². The van der Waals surface area contributed by atoms with Crippen LogP contribution in [0, 0.1) is 0 Å². The molecule has 0 heterocycles. The molecule has 86 valence electrons. The summed E-state index contributed by atoms with van der Waals surface area (Å²) in [6.45, 7) is 0. The Kier molecular flexibility index (Phi) is 3.99. The second-order valence-corrected chi connectivity index (χ2v) is 4.49. The van der Waals surface area contributed by atoms with E-state index in [1.165, 1.54) is 5.56 Å². The Morgan fingerprint density at radius 2 is 1.76 bits per heavy atom. The standard InChI is InChI=1S/C15H13BrO/c1-17-14-9-10-15(16)13(11-14)8-7-12-5-3-2-4-6-12/h2-11H,1H3. The van der Waals surface area contributed by atoms with Crippen LogP contribution in [0.3, 0.4) is 0 Å². The summed E-state index contributed by atoms with van der Waals surface area (Å²) in [5.74, 6) is 0.862. The Hall–Kier alpha value is -1.54. The van der Waals surface area contributed by atoms with Crippen LogP contribution >= 0.6 is 15.9 Å². The summed E-state index contributed by atoms with van der Waals surface area (Å²) in [5.41, 5.74) is 2.29. The van der Waals surface area contributed by atoms with Crippen LogP contribution < -0.4 is 4.74 Å². The summed E-state index contributed by atoms with van der Waals surface area (Å²) < 4.78 is 6.27. The maximum Gasteiger partial charge on any atom is 0.119 e. The first-order valence-electron chi connectivity index (χ1n) is 5.36. The van der Waals surface area contributed by atoms with Crippen LogP contribution in [0.1, 0.15) is 11.1 Å². The first-order valence-corrected chi connectivity index (χ1v) is 6.15. The summed E-state index contributed by atoms with van der Waals surface area (Å²) in [5, 5.41) is 0. The molecule has 0 N–H and O–H groups in total. The van der Waals surface area contributed by atoms with Gasteiger partial charge in [0.25, 0.3) is 0 Å². The van der Waals surface area contributed by atoms with Gasteiger partial charge in [0.2, 0.25) is 0 Å². The first kappa shape index (κ1) is 11.9. The quantitative estimate of drug-likeness (QED) is 0.749. The van der Waals surface area contributed by atoms with Crippen molar-refractivity contribution in [1.29, 1.82) is 0 Å². The van der Waals surface area contributed by atoms with Crippen molar-refractivity contribution < 1.29 is 4.74 Å². The van der Waals surface area contributed by atoms with E-state index in [0.29, 0.717) is 0 Å². The minimum Gasteiger partial charge on any atom is -0.497 e. The molecule has 2 aromatic rings. The van der Waals surface area contributed by atoms with E-state index < -0.39 is 0 Å². The van der Waals surface area contributed by atoms with Gasteiger partial charge in [0.05, 0.1) is 7.11 Å². The molecule has 2 heteroatoms. The Morgan fingerprint density at radius 1 is 1.00 bits per heavy atom. The highest BCUT2D eigenvalue weighted by Crippen LogP contribution is 2.24. The average molecular weight is 289 g/mol. The molecule has 2 rings (SSSR count). The summed E-state index contributed by atoms with van der Waals surface area (Å²) in [7, 11) is 1.67. The van der Waals surface area contributed by atoms with E-state index in [9.17, 15) is 0 Å². The molecule has 0 aromatic heterocycles. The van der Waals surface area contributed by atoms with Crippen molar-refractivity contribution in [1.82, 2.24) is 0 Å². The molecule has 0 amide bonds. The van der Waals surface area contributed by atoms with Crippen molar-refractivity contribution in [3.05, 3.63) is 64.1 Å². The third-order valence-electron chi connectivity index (χ3n) is 2.46. The summed E-state index contributed by atoms with van der Waals surface area (Å²) >= 11 is 3.53. The fourth-order valence-electron chi connectivity index (χ4n) is 1.53. The number of hydrogen-bond acceptors (Lipinski definition) is 1. The molecule has 2 aromatic carbocycles. The molecule has 1 nitrogen and oxygen atoms in total. The number of hydrogen-bond donors (Lipinski definition) is 0. The van der Waals surface area contributed by atoms with Crippen molar-refractivity contribution in [2.45, 2.75) is 0 Å². The van der Waals surface area contributed by atoms with Crippen LogP contribution in [-0.4, -0.2) is 7.11 Å². The summed E-state index contributed by atoms with van der Waals surface area (Å²) in [4.78, 5) is 0. The maximum absolute atomic E-state index is 5.21. The van der Waals surface area contributed by atoms with Crippen LogP contribution in [0.2, 0.25) is 0 Å². The predicted molar refractivity (Wildman–Crippen MR) is 76.1 cm³/mol. The smallest absolute Gasteiger partial charge is 0.119 e. The van der Waals surface area contributed by atoms with E-state index in [1.54, 1.807) is 7.11 Å². The van der Waals surface area contributed by atoms with Crippen LogP contribution in [-0.2, 0) is 0 Å². The van der Waals surface area contributed by atoms with Gasteiger partial charge in [-0.15, -0.1) is 0 Å². The number of rotatable bonds is 3. The second-order valence-electron chi connectivity index (χ2n) is 3.63. The molecule has 0 aliphatic carbocycles. The number of halogens is 1. The lowest BCUT2D eigenvalue weighted by Crippen LogP contribution is -1.84. The highest BCUT2D eigenvalue weighted by atomic mass is 79.9. The van der Waals surface area contributed by atoms with Gasteiger partial charge in [-0.1, -0.05) is 58.4 Å². The second kappa shape index (κ2) is 5.69. The van der Waals surface area contributed by atoms with Crippen molar-refractivity contribution in [3.8, 4) is 5.75 Å². The molecule has 0 aliphatic rings. The lowest BCUT2D eigenvalue weighted by atomic mass is 10.1. The lowest BCUT2D eigenvalue weighted by Gasteiger charge is -2.03. The van der Waals surface area contributed by atoms with Crippen molar-refractivity contribution in [2.75, 3.05) is 7.11 Å². The predicted octanol–water partition coefficient (Wildman–Crippen LogP) is 4.63. The molecule has 0 saturated carbocycles. The largest absolute Gasteiger partial charge is 0.497 e. The number of methoxy groups -OCH3 is 1. The van der Waals surface area contributed by atoms with E-state index in [1.807, 2.05) is 36.4 Å². The molecule has 0 spiro atoms. The van der Waals surface area contributed by atoms with Crippen LogP contribution in [0.25, 0.3) is 12.2 Å². The van der Waals surface area contributed by atoms with Crippen molar-refractivity contribution in [2.24, 2.45) is 0 Å². The Labute approximate surface area is 110 Å². The van der Waals surface area contributed by atoms with Gasteiger partial charge in [-0.2, -0.15) is 0 Å². The first-order chi connectivity index (χ1) is 8.29. The van der Waals surface area contributed by atoms with Crippen molar-refractivity contribution >= 4 is 28.1 Å². The van der Waals surface area contributed by atoms with Crippen molar-refractivity contribution in [3.63, 3.8) is 0 Å². The van der Waals surface area contributed by atoms with Crippen LogP contribution in [0.5, 0.6) is 5.75 Å². The molecule has 17 heavy (non-hydrogen) atoms. The molecular weight excluding hydrogens is 276 g/mol. The highest BCUT2D eigenvalue weighted by Gasteiger charge is 1.98. The minimum absolute atomic E-state index is 0.862. The summed E-state index contributed by atoms with van der Waals surface area (Å²) in [6, 6.07) is 16.1. The Balaban J connectivity index is 2.26. The monoisotopic (exact) mass is 288 g/mol. The van der Waals surface area contributed by atoms with E-state index in [4.69, 9.17) is 4.74 Å². The van der Waals surface area contributed by atoms with Gasteiger partial charge >= 0.3 is 0 Å². The van der Waals surface area contributed by atoms with Crippen LogP contribution in [0.4, 0.5) is 0 Å². The third kappa shape index (κ3) is 3.21. The van der Waals surface area contributed by atoms with Gasteiger partial charge < -0.3 is 4.74 Å². The zero-order chi connectivity index (χ0) is 12.1. The normalized spacial score (nSPS) is 10.7. The number of benzene rings is 2. The Morgan fingerprint density at radius 3 is 2.47 bits per heavy atom. The minimum atomic E-state index is 0.862. The van der Waals surface area contributed by atoms with E-state index in [-0.39, 0.29) is 0 Å². The molecule has 0 bridgehead atoms. The van der Waals surface area contributed by atoms with Gasteiger partial charge in [0.15, 0.2) is 0 Å². The lowest BCUT2D eigenvalue weighted by molar-refractivity contribution is 0.414. The van der Waals surface area contributed by atoms with Crippen LogP contribution in [0.15, 0.2) is 53.0 Å². The summed E-state index contributed by atoms with van der Waals surface area (Å²) in [6.07, 6.45) is 4.15. The van der Waals surface area contributed by atoms with E-state index >= 15 is 0 Å². The zero-order valence-electron chi connectivity index (χ0n) is 9.56. The Bertz CT molecular complexity index is 518. The SMILES string of the molecule is COc1ccc(Br)c(C=Cc2ccccc2)c1. The average Bonchev–Trinajstić information content (AvgIpc) is 2.39. The fourth-order valence-corrected chi connectivity index (χ4v) is 1.91. The van der Waals surface area contributed by atoms with E-state index in [0.717, 1.165) is 15.8 Å². The fraction of sp³-hybridized carbons (Fsp3) is 0.0667. The molecule has 0 radical (unpaired) electrons. The van der Waals surface area contributed by atoms with Gasteiger partial charge in [-0.3, -0.25) is 0 Å². The highest BCUT2D eigenvalue weighted by molar-refractivity contribution is 9.10. The third-order valence-corrected chi connectivity index (χ3v) is 3.18. The zero-order valence-corrected chi connectivity index (χ0v) is 11.1. The molecule has 0 atom stereocenters. The van der Waals surface area contributed by atoms with E-state index in [2.05, 4.69) is 40.2 Å². The molecule has 0 unspecified atom stereocenters. The number of ether oxygens (including phenoxy) is 1. The van der Waals surface area contributed by atoms with Gasteiger partial charge in [0, 0.05) is 4.47 Å². The maximum atomic E-state index is 5.21. The molecule has 0 aliphatic heterocycles.